The van der Waals surface area contributed by atoms with Gasteiger partial charge in [0.2, 0.25) is 0 Å². The molecule has 4 nitrogen and oxygen atoms in total. The summed E-state index contributed by atoms with van der Waals surface area (Å²) in [6.45, 7) is 5.42. The molecule has 3 saturated heterocycles. The molecule has 0 unspecified atom stereocenters. The molecule has 0 radical (unpaired) electrons. The summed E-state index contributed by atoms with van der Waals surface area (Å²) in [6.07, 6.45) is 3.82. The van der Waals surface area contributed by atoms with Gasteiger partial charge in [-0.15, -0.1) is 0 Å². The molecule has 0 bridgehead atoms. The zero-order valence-corrected chi connectivity index (χ0v) is 10.5. The first-order valence-electron chi connectivity index (χ1n) is 6.73. The van der Waals surface area contributed by atoms with E-state index >= 15 is 0 Å². The Bertz CT molecular complexity index is 314. The molecule has 3 aliphatic rings. The minimum Gasteiger partial charge on any atom is -0.373 e. The molecule has 3 fully saturated rings. The fraction of sp³-hybridized carbons (Fsp3) is 0.923. The Kier molecular flexibility index (Phi) is 2.87. The van der Waals surface area contributed by atoms with Gasteiger partial charge in [0, 0.05) is 19.7 Å². The number of carbonyl (C=O) groups excluding carboxylic acids is 1. The lowest BCUT2D eigenvalue weighted by Gasteiger charge is -2.24. The smallest absolute Gasteiger partial charge is 0.251 e. The maximum absolute atomic E-state index is 12.2. The Morgan fingerprint density at radius 3 is 3.00 bits per heavy atom. The van der Waals surface area contributed by atoms with Crippen LogP contribution in [0, 0.1) is 5.92 Å². The first kappa shape index (κ1) is 11.5. The van der Waals surface area contributed by atoms with Crippen molar-refractivity contribution in [2.75, 3.05) is 26.3 Å². The third-order valence-electron chi connectivity index (χ3n) is 4.23. The summed E-state index contributed by atoms with van der Waals surface area (Å²) in [5, 5.41) is 0. The van der Waals surface area contributed by atoms with E-state index in [2.05, 4.69) is 6.92 Å². The van der Waals surface area contributed by atoms with E-state index in [0.717, 1.165) is 52.0 Å². The van der Waals surface area contributed by atoms with Crippen LogP contribution >= 0.6 is 0 Å². The fourth-order valence-electron chi connectivity index (χ4n) is 3.37. The van der Waals surface area contributed by atoms with Crippen LogP contribution in [-0.4, -0.2) is 48.8 Å². The Morgan fingerprint density at radius 2 is 2.35 bits per heavy atom. The molecule has 1 spiro atoms. The number of ether oxygens (including phenoxy) is 2. The first-order valence-corrected chi connectivity index (χ1v) is 6.73. The van der Waals surface area contributed by atoms with Crippen LogP contribution in [0.25, 0.3) is 0 Å². The Morgan fingerprint density at radius 1 is 1.47 bits per heavy atom. The van der Waals surface area contributed by atoms with Gasteiger partial charge in [0.1, 0.15) is 6.10 Å². The van der Waals surface area contributed by atoms with E-state index in [9.17, 15) is 4.79 Å². The van der Waals surface area contributed by atoms with Crippen LogP contribution in [0.1, 0.15) is 32.6 Å². The van der Waals surface area contributed by atoms with Gasteiger partial charge >= 0.3 is 0 Å². The summed E-state index contributed by atoms with van der Waals surface area (Å²) in [6, 6.07) is 0. The zero-order valence-electron chi connectivity index (χ0n) is 10.5. The maximum atomic E-state index is 12.2. The van der Waals surface area contributed by atoms with Gasteiger partial charge in [-0.05, 0) is 31.6 Å². The lowest BCUT2D eigenvalue weighted by atomic mass is 9.94. The van der Waals surface area contributed by atoms with Crippen molar-refractivity contribution in [1.29, 1.82) is 0 Å². The number of hydrogen-bond donors (Lipinski definition) is 0. The highest BCUT2D eigenvalue weighted by atomic mass is 16.5. The van der Waals surface area contributed by atoms with Crippen molar-refractivity contribution in [3.05, 3.63) is 0 Å². The molecule has 0 aromatic heterocycles. The van der Waals surface area contributed by atoms with E-state index in [4.69, 9.17) is 9.47 Å². The number of carbonyl (C=O) groups is 1. The van der Waals surface area contributed by atoms with Gasteiger partial charge in [-0.3, -0.25) is 4.79 Å². The fourth-order valence-corrected chi connectivity index (χ4v) is 3.37. The minimum atomic E-state index is -0.177. The molecule has 0 aromatic rings. The number of likely N-dealkylation sites (tertiary alicyclic amines) is 1. The second-order valence-corrected chi connectivity index (χ2v) is 5.81. The summed E-state index contributed by atoms with van der Waals surface area (Å²) in [4.78, 5) is 14.2. The highest BCUT2D eigenvalue weighted by molar-refractivity contribution is 5.81. The molecular formula is C13H21NO3. The molecule has 3 atom stereocenters. The average Bonchev–Trinajstić information content (AvgIpc) is 3.02. The molecule has 1 amide bonds. The van der Waals surface area contributed by atoms with E-state index in [0.29, 0.717) is 5.92 Å². The zero-order chi connectivity index (χ0) is 11.9. The van der Waals surface area contributed by atoms with Gasteiger partial charge in [0.15, 0.2) is 0 Å². The van der Waals surface area contributed by atoms with Crippen molar-refractivity contribution in [2.45, 2.75) is 44.3 Å². The lowest BCUT2D eigenvalue weighted by molar-refractivity contribution is -0.140. The number of amides is 1. The highest BCUT2D eigenvalue weighted by Gasteiger charge is 2.46. The normalized spacial score (nSPS) is 41.6. The van der Waals surface area contributed by atoms with Gasteiger partial charge in [-0.25, -0.2) is 0 Å². The largest absolute Gasteiger partial charge is 0.373 e. The van der Waals surface area contributed by atoms with E-state index < -0.39 is 0 Å². The van der Waals surface area contributed by atoms with E-state index in [1.165, 1.54) is 0 Å². The SMILES string of the molecule is C[C@@H]1CO[C@]2(CCN(C(=O)[C@H]3CCCO3)C2)C1. The maximum Gasteiger partial charge on any atom is 0.251 e. The molecule has 17 heavy (non-hydrogen) atoms. The number of rotatable bonds is 1. The van der Waals surface area contributed by atoms with Crippen molar-refractivity contribution < 1.29 is 14.3 Å². The molecular weight excluding hydrogens is 218 g/mol. The summed E-state index contributed by atoms with van der Waals surface area (Å²) >= 11 is 0. The Labute approximate surface area is 102 Å². The van der Waals surface area contributed by atoms with E-state index in [1.54, 1.807) is 0 Å². The minimum absolute atomic E-state index is 0.0340. The second kappa shape index (κ2) is 4.25. The predicted molar refractivity (Wildman–Crippen MR) is 62.6 cm³/mol. The Balaban J connectivity index is 1.61. The van der Waals surface area contributed by atoms with Gasteiger partial charge < -0.3 is 14.4 Å². The summed E-state index contributed by atoms with van der Waals surface area (Å²) in [7, 11) is 0. The Hall–Kier alpha value is -0.610. The van der Waals surface area contributed by atoms with Crippen LogP contribution in [-0.2, 0) is 14.3 Å². The topological polar surface area (TPSA) is 38.8 Å². The lowest BCUT2D eigenvalue weighted by Crippen LogP contribution is -2.40. The monoisotopic (exact) mass is 239 g/mol. The third kappa shape index (κ3) is 2.08. The molecule has 3 rings (SSSR count). The first-order chi connectivity index (χ1) is 8.19. The third-order valence-corrected chi connectivity index (χ3v) is 4.23. The van der Waals surface area contributed by atoms with Crippen molar-refractivity contribution in [1.82, 2.24) is 4.90 Å². The average molecular weight is 239 g/mol. The summed E-state index contributed by atoms with van der Waals surface area (Å²) in [5.74, 6) is 0.815. The summed E-state index contributed by atoms with van der Waals surface area (Å²) in [5.41, 5.74) is -0.0340. The number of hydrogen-bond acceptors (Lipinski definition) is 3. The standard InChI is InChI=1S/C13H21NO3/c1-10-7-13(17-8-10)4-5-14(9-13)12(15)11-3-2-6-16-11/h10-11H,2-9H2,1H3/t10-,11+,13+/m0/s1. The molecule has 0 aromatic carbocycles. The second-order valence-electron chi connectivity index (χ2n) is 5.81. The van der Waals surface area contributed by atoms with Crippen molar-refractivity contribution >= 4 is 5.91 Å². The highest BCUT2D eigenvalue weighted by Crippen LogP contribution is 2.38. The van der Waals surface area contributed by atoms with Crippen LogP contribution in [0.4, 0.5) is 0 Å². The molecule has 3 aliphatic heterocycles. The van der Waals surface area contributed by atoms with Gasteiger partial charge in [0.25, 0.3) is 5.91 Å². The molecule has 0 N–H and O–H groups in total. The molecule has 96 valence electrons. The van der Waals surface area contributed by atoms with Crippen molar-refractivity contribution in [2.24, 2.45) is 5.92 Å². The van der Waals surface area contributed by atoms with Gasteiger partial charge in [0.05, 0.1) is 12.2 Å². The van der Waals surface area contributed by atoms with Crippen LogP contribution in [0.15, 0.2) is 0 Å². The molecule has 4 heteroatoms. The van der Waals surface area contributed by atoms with Crippen LogP contribution in [0.2, 0.25) is 0 Å². The molecule has 0 aliphatic carbocycles. The quantitative estimate of drug-likeness (QED) is 0.690. The van der Waals surface area contributed by atoms with Crippen molar-refractivity contribution in [3.8, 4) is 0 Å². The predicted octanol–water partition coefficient (Wildman–Crippen LogP) is 1.19. The van der Waals surface area contributed by atoms with Crippen molar-refractivity contribution in [3.63, 3.8) is 0 Å². The van der Waals surface area contributed by atoms with E-state index in [1.807, 2.05) is 4.90 Å². The molecule has 3 heterocycles. The molecule has 0 saturated carbocycles. The van der Waals surface area contributed by atoms with Crippen LogP contribution in [0.3, 0.4) is 0 Å². The number of nitrogens with zero attached hydrogens (tertiary/aromatic N) is 1. The van der Waals surface area contributed by atoms with Gasteiger partial charge in [-0.2, -0.15) is 0 Å². The van der Waals surface area contributed by atoms with Gasteiger partial charge in [-0.1, -0.05) is 6.92 Å². The summed E-state index contributed by atoms with van der Waals surface area (Å²) < 4.78 is 11.4. The van der Waals surface area contributed by atoms with Crippen LogP contribution < -0.4 is 0 Å². The van der Waals surface area contributed by atoms with E-state index in [-0.39, 0.29) is 17.6 Å². The van der Waals surface area contributed by atoms with Crippen LogP contribution in [0.5, 0.6) is 0 Å².